The summed E-state index contributed by atoms with van der Waals surface area (Å²) in [6, 6.07) is 23.1. The van der Waals surface area contributed by atoms with Crippen LogP contribution in [0, 0.1) is 13.8 Å². The molecular formula is C33H27Cl2N3O4. The van der Waals surface area contributed by atoms with E-state index in [4.69, 9.17) is 32.7 Å². The van der Waals surface area contributed by atoms with E-state index in [-0.39, 0.29) is 16.3 Å². The van der Waals surface area contributed by atoms with Gasteiger partial charge in [-0.1, -0.05) is 65.2 Å². The van der Waals surface area contributed by atoms with Crippen LogP contribution in [-0.2, 0) is 0 Å². The number of fused-ring (bicyclic) bond motifs is 1. The highest BCUT2D eigenvalue weighted by Crippen LogP contribution is 2.38. The summed E-state index contributed by atoms with van der Waals surface area (Å²) < 4.78 is 11.2. The molecule has 0 saturated carbocycles. The molecule has 2 N–H and O–H groups in total. The molecule has 0 spiro atoms. The molecule has 7 nitrogen and oxygen atoms in total. The second-order valence-electron chi connectivity index (χ2n) is 9.57. The van der Waals surface area contributed by atoms with Crippen LogP contribution in [0.3, 0.4) is 0 Å². The average Bonchev–Trinajstić information content (AvgIpc) is 3.34. The zero-order valence-corrected chi connectivity index (χ0v) is 24.6. The molecule has 0 aliphatic heterocycles. The fourth-order valence-corrected chi connectivity index (χ4v) is 5.17. The van der Waals surface area contributed by atoms with Crippen LogP contribution in [-0.4, -0.2) is 29.7 Å². The molecule has 0 aliphatic rings. The van der Waals surface area contributed by atoms with Gasteiger partial charge in [0, 0.05) is 27.1 Å². The number of hydrazone groups is 1. The van der Waals surface area contributed by atoms with Crippen molar-refractivity contribution in [1.29, 1.82) is 0 Å². The van der Waals surface area contributed by atoms with Crippen LogP contribution in [0.4, 0.5) is 0 Å². The molecule has 0 unspecified atom stereocenters. The maximum atomic E-state index is 13.4. The SMILES string of the molecule is CCOc1cc(C=NNC(=O)c2[nH]c3c(C)cc(C)cc3c2-c2ccccc2Cl)ccc1OC(=O)c1ccccc1Cl. The van der Waals surface area contributed by atoms with Gasteiger partial charge in [-0.3, -0.25) is 4.79 Å². The lowest BCUT2D eigenvalue weighted by Crippen LogP contribution is -2.19. The summed E-state index contributed by atoms with van der Waals surface area (Å²) >= 11 is 12.7. The van der Waals surface area contributed by atoms with E-state index in [2.05, 4.69) is 21.6 Å². The first-order chi connectivity index (χ1) is 20.3. The number of aromatic nitrogens is 1. The summed E-state index contributed by atoms with van der Waals surface area (Å²) in [7, 11) is 0. The smallest absolute Gasteiger partial charge is 0.345 e. The molecule has 4 aromatic carbocycles. The summed E-state index contributed by atoms with van der Waals surface area (Å²) in [5, 5.41) is 5.90. The number of halogens is 2. The second-order valence-corrected chi connectivity index (χ2v) is 10.4. The lowest BCUT2D eigenvalue weighted by molar-refractivity contribution is 0.0728. The summed E-state index contributed by atoms with van der Waals surface area (Å²) in [5.41, 5.74) is 8.21. The van der Waals surface area contributed by atoms with Gasteiger partial charge in [-0.05, 0) is 74.4 Å². The van der Waals surface area contributed by atoms with Gasteiger partial charge >= 0.3 is 5.97 Å². The second kappa shape index (κ2) is 12.5. The number of benzene rings is 4. The quantitative estimate of drug-likeness (QED) is 0.0814. The van der Waals surface area contributed by atoms with E-state index in [1.54, 1.807) is 48.5 Å². The number of hydrogen-bond acceptors (Lipinski definition) is 5. The van der Waals surface area contributed by atoms with Gasteiger partial charge in [-0.25, -0.2) is 10.2 Å². The third kappa shape index (κ3) is 6.03. The van der Waals surface area contributed by atoms with Crippen molar-refractivity contribution >= 4 is 52.2 Å². The summed E-state index contributed by atoms with van der Waals surface area (Å²) in [6.07, 6.45) is 1.48. The Bertz CT molecular complexity index is 1850. The third-order valence-corrected chi connectivity index (χ3v) is 7.22. The Labute approximate surface area is 253 Å². The van der Waals surface area contributed by atoms with E-state index >= 15 is 0 Å². The molecule has 1 amide bonds. The number of hydrogen-bond donors (Lipinski definition) is 2. The number of H-pyrrole nitrogens is 1. The van der Waals surface area contributed by atoms with E-state index in [1.807, 2.05) is 45.0 Å². The van der Waals surface area contributed by atoms with Crippen molar-refractivity contribution in [2.45, 2.75) is 20.8 Å². The number of nitrogens with one attached hydrogen (secondary N) is 2. The number of rotatable bonds is 8. The molecular weight excluding hydrogens is 573 g/mol. The van der Waals surface area contributed by atoms with Gasteiger partial charge in [0.1, 0.15) is 5.69 Å². The topological polar surface area (TPSA) is 92.8 Å². The maximum Gasteiger partial charge on any atom is 0.345 e. The highest BCUT2D eigenvalue weighted by atomic mass is 35.5. The highest BCUT2D eigenvalue weighted by molar-refractivity contribution is 6.34. The number of esters is 1. The molecule has 0 bridgehead atoms. The van der Waals surface area contributed by atoms with E-state index in [9.17, 15) is 9.59 Å². The van der Waals surface area contributed by atoms with E-state index in [1.165, 1.54) is 6.21 Å². The molecule has 5 rings (SSSR count). The zero-order chi connectivity index (χ0) is 29.8. The molecule has 0 radical (unpaired) electrons. The van der Waals surface area contributed by atoms with Crippen LogP contribution in [0.1, 0.15) is 44.5 Å². The number of ether oxygens (including phenoxy) is 2. The Morgan fingerprint density at radius 2 is 1.67 bits per heavy atom. The van der Waals surface area contributed by atoms with Crippen molar-refractivity contribution < 1.29 is 19.1 Å². The Morgan fingerprint density at radius 1 is 0.929 bits per heavy atom. The maximum absolute atomic E-state index is 13.4. The van der Waals surface area contributed by atoms with Gasteiger partial charge in [-0.2, -0.15) is 5.10 Å². The number of carbonyl (C=O) groups is 2. The first-order valence-corrected chi connectivity index (χ1v) is 14.0. The van der Waals surface area contributed by atoms with Crippen LogP contribution in [0.2, 0.25) is 10.0 Å². The largest absolute Gasteiger partial charge is 0.490 e. The molecule has 1 heterocycles. The van der Waals surface area contributed by atoms with E-state index < -0.39 is 11.9 Å². The molecule has 0 fully saturated rings. The van der Waals surface area contributed by atoms with Crippen LogP contribution in [0.25, 0.3) is 22.0 Å². The Morgan fingerprint density at radius 3 is 2.40 bits per heavy atom. The molecule has 0 atom stereocenters. The van der Waals surface area contributed by atoms with Gasteiger partial charge in [0.2, 0.25) is 0 Å². The van der Waals surface area contributed by atoms with Crippen LogP contribution < -0.4 is 14.9 Å². The monoisotopic (exact) mass is 599 g/mol. The van der Waals surface area contributed by atoms with Crippen molar-refractivity contribution in [1.82, 2.24) is 10.4 Å². The molecule has 42 heavy (non-hydrogen) atoms. The number of aromatic amines is 1. The molecule has 1 aromatic heterocycles. The molecule has 0 aliphatic carbocycles. The highest BCUT2D eigenvalue weighted by Gasteiger charge is 2.22. The predicted molar refractivity (Wildman–Crippen MR) is 167 cm³/mol. The molecule has 0 saturated heterocycles. The van der Waals surface area contributed by atoms with E-state index in [0.29, 0.717) is 34.2 Å². The van der Waals surface area contributed by atoms with Gasteiger partial charge in [-0.15, -0.1) is 0 Å². The van der Waals surface area contributed by atoms with E-state index in [0.717, 1.165) is 27.6 Å². The van der Waals surface area contributed by atoms with Crippen molar-refractivity contribution in [3.63, 3.8) is 0 Å². The van der Waals surface area contributed by atoms with Gasteiger partial charge < -0.3 is 14.5 Å². The minimum Gasteiger partial charge on any atom is -0.490 e. The molecule has 9 heteroatoms. The summed E-state index contributed by atoms with van der Waals surface area (Å²) in [5.74, 6) is -0.454. The van der Waals surface area contributed by atoms with Crippen molar-refractivity contribution in [3.8, 4) is 22.6 Å². The van der Waals surface area contributed by atoms with Crippen molar-refractivity contribution in [2.75, 3.05) is 6.61 Å². The average molecular weight is 601 g/mol. The number of carbonyl (C=O) groups excluding carboxylic acids is 2. The van der Waals surface area contributed by atoms with Gasteiger partial charge in [0.15, 0.2) is 11.5 Å². The zero-order valence-electron chi connectivity index (χ0n) is 23.1. The minimum absolute atomic E-state index is 0.232. The molecule has 212 valence electrons. The van der Waals surface area contributed by atoms with Crippen LogP contribution in [0.5, 0.6) is 11.5 Å². The fraction of sp³-hybridized carbons (Fsp3) is 0.121. The standard InChI is InChI=1S/C33H27Cl2N3O4/c1-4-41-28-17-21(13-14-27(28)42-33(40)23-10-6-8-12-26(23)35)18-36-38-32(39)31-29(22-9-5-7-11-25(22)34)24-16-19(2)15-20(3)30(24)37-31/h5-18,37H,4H2,1-3H3,(H,38,39). The molecule has 5 aromatic rings. The number of amides is 1. The normalized spacial score (nSPS) is 11.2. The minimum atomic E-state index is -0.603. The lowest BCUT2D eigenvalue weighted by Gasteiger charge is -2.12. The number of aryl methyl sites for hydroxylation is 2. The van der Waals surface area contributed by atoms with Crippen molar-refractivity contribution in [2.24, 2.45) is 5.10 Å². The fourth-order valence-electron chi connectivity index (χ4n) is 4.73. The Hall–Kier alpha value is -4.59. The van der Waals surface area contributed by atoms with Crippen LogP contribution >= 0.6 is 23.2 Å². The lowest BCUT2D eigenvalue weighted by atomic mass is 9.99. The predicted octanol–water partition coefficient (Wildman–Crippen LogP) is 8.14. The van der Waals surface area contributed by atoms with Gasteiger partial charge in [0.05, 0.1) is 23.4 Å². The third-order valence-electron chi connectivity index (χ3n) is 6.56. The number of nitrogens with zero attached hydrogens (tertiary/aromatic N) is 1. The Kier molecular flexibility index (Phi) is 8.61. The summed E-state index contributed by atoms with van der Waals surface area (Å²) in [6.45, 7) is 6.17. The first kappa shape index (κ1) is 28.9. The summed E-state index contributed by atoms with van der Waals surface area (Å²) in [4.78, 5) is 29.4. The van der Waals surface area contributed by atoms with Crippen LogP contribution in [0.15, 0.2) is 84.0 Å². The van der Waals surface area contributed by atoms with Crippen molar-refractivity contribution in [3.05, 3.63) is 117 Å². The Balaban J connectivity index is 1.40. The first-order valence-electron chi connectivity index (χ1n) is 13.2. The van der Waals surface area contributed by atoms with Gasteiger partial charge in [0.25, 0.3) is 5.91 Å².